The first kappa shape index (κ1) is 29.1. The number of unbranched alkanes of at least 4 members (excludes halogenated alkanes) is 2. The minimum Gasteiger partial charge on any atom is -0.463 e. The highest BCUT2D eigenvalue weighted by atomic mass is 16.5. The summed E-state index contributed by atoms with van der Waals surface area (Å²) in [5.41, 5.74) is 3.87. The van der Waals surface area contributed by atoms with Crippen LogP contribution in [0.2, 0.25) is 0 Å². The fourth-order valence-electron chi connectivity index (χ4n) is 4.84. The molecule has 0 bridgehead atoms. The summed E-state index contributed by atoms with van der Waals surface area (Å²) in [6.45, 7) is 13.5. The molecule has 0 aromatic carbocycles. The molecule has 1 saturated heterocycles. The largest absolute Gasteiger partial charge is 0.463 e. The van der Waals surface area contributed by atoms with E-state index in [-0.39, 0.29) is 5.91 Å². The van der Waals surface area contributed by atoms with Crippen LogP contribution < -0.4 is 9.64 Å². The van der Waals surface area contributed by atoms with Gasteiger partial charge in [-0.05, 0) is 62.1 Å². The molecule has 8 heteroatoms. The van der Waals surface area contributed by atoms with Crippen LogP contribution in [0, 0.1) is 17.2 Å². The van der Waals surface area contributed by atoms with E-state index in [1.807, 2.05) is 4.90 Å². The summed E-state index contributed by atoms with van der Waals surface area (Å²) >= 11 is 0. The smallest absolute Gasteiger partial charge is 0.318 e. The molecule has 3 rings (SSSR count). The van der Waals surface area contributed by atoms with Crippen molar-refractivity contribution in [2.24, 2.45) is 5.92 Å². The molecule has 0 radical (unpaired) electrons. The monoisotopic (exact) mass is 518 g/mol. The molecule has 0 saturated carbocycles. The highest BCUT2D eigenvalue weighted by Gasteiger charge is 2.25. The van der Waals surface area contributed by atoms with Gasteiger partial charge < -0.3 is 14.5 Å². The van der Waals surface area contributed by atoms with Gasteiger partial charge in [-0.3, -0.25) is 9.78 Å². The fraction of sp³-hybridized carbons (Fsp3) is 0.567. The Bertz CT molecular complexity index is 1100. The van der Waals surface area contributed by atoms with Crippen LogP contribution in [0.1, 0.15) is 75.3 Å². The number of anilines is 1. The SMILES string of the molecule is C=CC(=O)N1CCN(c2nc(OC[C@@H](C)CCCC)nc(CC)c2CCCCc2cnccc2C#N)CC1. The molecule has 8 nitrogen and oxygen atoms in total. The number of piperazine rings is 1. The molecule has 38 heavy (non-hydrogen) atoms. The topological polar surface area (TPSA) is 95.2 Å². The Hall–Kier alpha value is -3.47. The van der Waals surface area contributed by atoms with E-state index in [2.05, 4.69) is 43.3 Å². The summed E-state index contributed by atoms with van der Waals surface area (Å²) in [6.07, 6.45) is 12.7. The Labute approximate surface area is 227 Å². The van der Waals surface area contributed by atoms with E-state index >= 15 is 0 Å². The number of pyridine rings is 1. The van der Waals surface area contributed by atoms with Crippen molar-refractivity contribution < 1.29 is 9.53 Å². The summed E-state index contributed by atoms with van der Waals surface area (Å²) in [4.78, 5) is 30.2. The first-order chi connectivity index (χ1) is 18.5. The van der Waals surface area contributed by atoms with Crippen molar-refractivity contribution in [2.75, 3.05) is 37.7 Å². The average Bonchev–Trinajstić information content (AvgIpc) is 2.96. The number of aryl methyl sites for hydroxylation is 2. The molecule has 2 aromatic rings. The Morgan fingerprint density at radius 3 is 2.63 bits per heavy atom. The van der Waals surface area contributed by atoms with Crippen LogP contribution in [0.4, 0.5) is 5.82 Å². The van der Waals surface area contributed by atoms with Gasteiger partial charge in [0.25, 0.3) is 0 Å². The van der Waals surface area contributed by atoms with E-state index in [1.54, 1.807) is 18.5 Å². The number of amides is 1. The third kappa shape index (κ3) is 8.01. The lowest BCUT2D eigenvalue weighted by Crippen LogP contribution is -2.49. The number of hydrogen-bond donors (Lipinski definition) is 0. The van der Waals surface area contributed by atoms with E-state index in [1.165, 1.54) is 18.9 Å². The van der Waals surface area contributed by atoms with E-state index in [9.17, 15) is 10.1 Å². The van der Waals surface area contributed by atoms with Crippen molar-refractivity contribution in [3.8, 4) is 12.1 Å². The van der Waals surface area contributed by atoms with Crippen molar-refractivity contribution in [3.05, 3.63) is 53.5 Å². The van der Waals surface area contributed by atoms with E-state index in [4.69, 9.17) is 14.7 Å². The van der Waals surface area contributed by atoms with Gasteiger partial charge >= 0.3 is 6.01 Å². The predicted molar refractivity (Wildman–Crippen MR) is 150 cm³/mol. The van der Waals surface area contributed by atoms with E-state index < -0.39 is 0 Å². The highest BCUT2D eigenvalue weighted by Crippen LogP contribution is 2.28. The van der Waals surface area contributed by atoms with Crippen molar-refractivity contribution >= 4 is 11.7 Å². The van der Waals surface area contributed by atoms with E-state index in [0.29, 0.717) is 50.3 Å². The average molecular weight is 519 g/mol. The molecule has 1 aliphatic heterocycles. The molecule has 0 unspecified atom stereocenters. The molecule has 1 atom stereocenters. The van der Waals surface area contributed by atoms with Gasteiger partial charge in [0.05, 0.1) is 23.9 Å². The lowest BCUT2D eigenvalue weighted by Gasteiger charge is -2.36. The van der Waals surface area contributed by atoms with Gasteiger partial charge in [0.1, 0.15) is 5.82 Å². The van der Waals surface area contributed by atoms with Crippen LogP contribution in [-0.4, -0.2) is 58.5 Å². The molecular formula is C30H42N6O2. The summed E-state index contributed by atoms with van der Waals surface area (Å²) in [7, 11) is 0. The molecule has 1 fully saturated rings. The summed E-state index contributed by atoms with van der Waals surface area (Å²) in [6, 6.07) is 4.48. The summed E-state index contributed by atoms with van der Waals surface area (Å²) in [5, 5.41) is 9.38. The van der Waals surface area contributed by atoms with Crippen LogP contribution >= 0.6 is 0 Å². The maximum Gasteiger partial charge on any atom is 0.318 e. The normalized spacial score (nSPS) is 14.2. The Kier molecular flexibility index (Phi) is 11.5. The van der Waals surface area contributed by atoms with Crippen molar-refractivity contribution in [3.63, 3.8) is 0 Å². The Balaban J connectivity index is 1.77. The second kappa shape index (κ2) is 15.1. The summed E-state index contributed by atoms with van der Waals surface area (Å²) < 4.78 is 6.12. The van der Waals surface area contributed by atoms with Gasteiger partial charge in [-0.1, -0.05) is 40.2 Å². The number of hydrogen-bond acceptors (Lipinski definition) is 7. The molecule has 204 valence electrons. The molecule has 0 N–H and O–H groups in total. The number of nitriles is 1. The second-order valence-corrected chi connectivity index (χ2v) is 10.0. The molecule has 1 aliphatic rings. The van der Waals surface area contributed by atoms with Crippen LogP contribution in [0.15, 0.2) is 31.1 Å². The first-order valence-corrected chi connectivity index (χ1v) is 14.0. The number of rotatable bonds is 14. The molecule has 1 amide bonds. The van der Waals surface area contributed by atoms with Gasteiger partial charge in [-0.25, -0.2) is 0 Å². The molecule has 0 spiro atoms. The molecule has 3 heterocycles. The van der Waals surface area contributed by atoms with Crippen molar-refractivity contribution in [1.29, 1.82) is 5.26 Å². The van der Waals surface area contributed by atoms with Crippen LogP contribution in [0.25, 0.3) is 0 Å². The van der Waals surface area contributed by atoms with Gasteiger partial charge in [0.15, 0.2) is 0 Å². The lowest BCUT2D eigenvalue weighted by atomic mass is 10.0. The lowest BCUT2D eigenvalue weighted by molar-refractivity contribution is -0.126. The number of ether oxygens (including phenoxy) is 1. The minimum atomic E-state index is -0.0287. The van der Waals surface area contributed by atoms with Gasteiger partial charge in [0.2, 0.25) is 5.91 Å². The van der Waals surface area contributed by atoms with Gasteiger partial charge in [-0.2, -0.15) is 15.2 Å². The zero-order chi connectivity index (χ0) is 27.3. The third-order valence-electron chi connectivity index (χ3n) is 7.15. The van der Waals surface area contributed by atoms with Gasteiger partial charge in [0, 0.05) is 44.1 Å². The maximum absolute atomic E-state index is 12.1. The second-order valence-electron chi connectivity index (χ2n) is 10.0. The number of carbonyl (C=O) groups excluding carboxylic acids is 1. The highest BCUT2D eigenvalue weighted by molar-refractivity contribution is 5.87. The third-order valence-corrected chi connectivity index (χ3v) is 7.15. The van der Waals surface area contributed by atoms with E-state index in [0.717, 1.165) is 61.2 Å². The zero-order valence-electron chi connectivity index (χ0n) is 23.3. The molecular weight excluding hydrogens is 476 g/mol. The first-order valence-electron chi connectivity index (χ1n) is 14.0. The maximum atomic E-state index is 12.1. The van der Waals surface area contributed by atoms with Crippen molar-refractivity contribution in [2.45, 2.75) is 72.1 Å². The van der Waals surface area contributed by atoms with Crippen LogP contribution in [0.5, 0.6) is 6.01 Å². The van der Waals surface area contributed by atoms with Crippen molar-refractivity contribution in [1.82, 2.24) is 19.9 Å². The number of carbonyl (C=O) groups is 1. The molecule has 0 aliphatic carbocycles. The molecule has 2 aromatic heterocycles. The zero-order valence-corrected chi connectivity index (χ0v) is 23.3. The number of aromatic nitrogens is 3. The number of nitrogens with zero attached hydrogens (tertiary/aromatic N) is 6. The fourth-order valence-corrected chi connectivity index (χ4v) is 4.84. The Morgan fingerprint density at radius 2 is 1.95 bits per heavy atom. The summed E-state index contributed by atoms with van der Waals surface area (Å²) in [5.74, 6) is 1.35. The Morgan fingerprint density at radius 1 is 1.18 bits per heavy atom. The van der Waals surface area contributed by atoms with Gasteiger partial charge in [-0.15, -0.1) is 0 Å². The minimum absolute atomic E-state index is 0.0287. The predicted octanol–water partition coefficient (Wildman–Crippen LogP) is 4.91. The quantitative estimate of drug-likeness (QED) is 0.259. The van der Waals surface area contributed by atoms with Crippen LogP contribution in [0.3, 0.4) is 0 Å². The van der Waals surface area contributed by atoms with Crippen LogP contribution in [-0.2, 0) is 24.1 Å². The standard InChI is InChI=1S/C30H42N6O2/c1-5-8-11-23(4)22-38-30-33-27(6-2)26(13-10-9-12-25-21-32-15-14-24(25)20-31)29(34-30)36-18-16-35(17-19-36)28(37)7-3/h7,14-15,21,23H,3,5-6,8-13,16-19,22H2,1-2,4H3/t23-/m0/s1.